The van der Waals surface area contributed by atoms with Gasteiger partial charge in [0.15, 0.2) is 0 Å². The van der Waals surface area contributed by atoms with Crippen LogP contribution in [0.4, 0.5) is 0 Å². The van der Waals surface area contributed by atoms with Crippen molar-refractivity contribution in [2.24, 2.45) is 16.6 Å². The second-order valence-corrected chi connectivity index (χ2v) is 3.39. The zero-order valence-electron chi connectivity index (χ0n) is 7.16. The first-order valence-electron chi connectivity index (χ1n) is 4.58. The lowest BCUT2D eigenvalue weighted by Crippen LogP contribution is -2.41. The Morgan fingerprint density at radius 1 is 1.67 bits per heavy atom. The summed E-state index contributed by atoms with van der Waals surface area (Å²) >= 11 is 0. The van der Waals surface area contributed by atoms with Crippen LogP contribution in [0.15, 0.2) is 17.1 Å². The molecule has 0 aromatic carbocycles. The van der Waals surface area contributed by atoms with Crippen LogP contribution in [0.1, 0.15) is 12.8 Å². The van der Waals surface area contributed by atoms with E-state index in [4.69, 9.17) is 5.73 Å². The smallest absolute Gasteiger partial charge is 0.106 e. The molecule has 0 spiro atoms. The van der Waals surface area contributed by atoms with Crippen molar-refractivity contribution in [1.29, 1.82) is 0 Å². The van der Waals surface area contributed by atoms with E-state index in [1.165, 1.54) is 12.8 Å². The third-order valence-corrected chi connectivity index (χ3v) is 2.52. The lowest BCUT2D eigenvalue weighted by atomic mass is 9.93. The van der Waals surface area contributed by atoms with Gasteiger partial charge >= 0.3 is 0 Å². The van der Waals surface area contributed by atoms with Gasteiger partial charge in [-0.25, -0.2) is 0 Å². The molecule has 0 aliphatic carbocycles. The van der Waals surface area contributed by atoms with Crippen molar-refractivity contribution in [3.63, 3.8) is 0 Å². The number of hydrogen-bond donors (Lipinski definition) is 2. The van der Waals surface area contributed by atoms with Crippen LogP contribution in [0, 0.1) is 5.92 Å². The summed E-state index contributed by atoms with van der Waals surface area (Å²) in [5.74, 6) is 0.606. The predicted octanol–water partition coefficient (Wildman–Crippen LogP) is 0.282. The minimum atomic E-state index is 0.308. The van der Waals surface area contributed by atoms with Gasteiger partial charge in [0.2, 0.25) is 0 Å². The molecular weight excluding hydrogens is 150 g/mol. The standard InChI is InChI=1S/C9H15N3/c10-6-8-4-3-7-2-1-5-11-9(7)12-8/h3-4,7,9,11H,1-2,5-6,10H2. The molecule has 2 heterocycles. The Morgan fingerprint density at radius 3 is 3.42 bits per heavy atom. The van der Waals surface area contributed by atoms with E-state index >= 15 is 0 Å². The predicted molar refractivity (Wildman–Crippen MR) is 50.1 cm³/mol. The third-order valence-electron chi connectivity index (χ3n) is 2.52. The molecule has 0 saturated carbocycles. The molecule has 1 fully saturated rings. The van der Waals surface area contributed by atoms with E-state index in [1.54, 1.807) is 0 Å². The van der Waals surface area contributed by atoms with Crippen LogP contribution in [0.3, 0.4) is 0 Å². The molecule has 3 nitrogen and oxygen atoms in total. The molecular formula is C9H15N3. The largest absolute Gasteiger partial charge is 0.325 e. The zero-order chi connectivity index (χ0) is 8.39. The van der Waals surface area contributed by atoms with Gasteiger partial charge in [0, 0.05) is 12.5 Å². The Kier molecular flexibility index (Phi) is 2.23. The fourth-order valence-electron chi connectivity index (χ4n) is 1.82. The monoisotopic (exact) mass is 165 g/mol. The Balaban J connectivity index is 2.09. The van der Waals surface area contributed by atoms with Gasteiger partial charge in [-0.2, -0.15) is 0 Å². The molecule has 1 saturated heterocycles. The fraction of sp³-hybridized carbons (Fsp3) is 0.667. The number of piperidine rings is 1. The van der Waals surface area contributed by atoms with Crippen molar-refractivity contribution in [2.75, 3.05) is 13.1 Å². The quantitative estimate of drug-likeness (QED) is 0.586. The maximum Gasteiger partial charge on any atom is 0.106 e. The van der Waals surface area contributed by atoms with E-state index in [9.17, 15) is 0 Å². The highest BCUT2D eigenvalue weighted by molar-refractivity contribution is 5.97. The Morgan fingerprint density at radius 2 is 2.58 bits per heavy atom. The maximum atomic E-state index is 5.52. The minimum absolute atomic E-state index is 0.308. The van der Waals surface area contributed by atoms with Gasteiger partial charge in [-0.3, -0.25) is 10.3 Å². The van der Waals surface area contributed by atoms with Crippen molar-refractivity contribution < 1.29 is 0 Å². The van der Waals surface area contributed by atoms with E-state index in [2.05, 4.69) is 22.5 Å². The molecule has 2 aliphatic rings. The lowest BCUT2D eigenvalue weighted by molar-refractivity contribution is 0.335. The Bertz CT molecular complexity index is 220. The molecule has 3 N–H and O–H groups in total. The molecule has 2 unspecified atom stereocenters. The van der Waals surface area contributed by atoms with Crippen molar-refractivity contribution in [2.45, 2.75) is 19.0 Å². The summed E-state index contributed by atoms with van der Waals surface area (Å²) in [4.78, 5) is 4.52. The van der Waals surface area contributed by atoms with Crippen LogP contribution < -0.4 is 11.1 Å². The Labute approximate surface area is 72.7 Å². The molecule has 0 bridgehead atoms. The first kappa shape index (κ1) is 7.95. The maximum absolute atomic E-state index is 5.52. The normalized spacial score (nSPS) is 34.2. The highest BCUT2D eigenvalue weighted by Crippen LogP contribution is 2.21. The molecule has 66 valence electrons. The first-order valence-corrected chi connectivity index (χ1v) is 4.58. The molecule has 0 radical (unpaired) electrons. The number of fused-ring (bicyclic) bond motifs is 1. The van der Waals surface area contributed by atoms with Crippen LogP contribution in [-0.4, -0.2) is 25.0 Å². The van der Waals surface area contributed by atoms with Crippen molar-refractivity contribution >= 4 is 5.71 Å². The van der Waals surface area contributed by atoms with Crippen molar-refractivity contribution in [3.8, 4) is 0 Å². The summed E-state index contributed by atoms with van der Waals surface area (Å²) in [5, 5.41) is 3.39. The summed E-state index contributed by atoms with van der Waals surface area (Å²) in [5.41, 5.74) is 6.53. The zero-order valence-corrected chi connectivity index (χ0v) is 7.16. The molecule has 12 heavy (non-hydrogen) atoms. The molecule has 2 atom stereocenters. The summed E-state index contributed by atoms with van der Waals surface area (Å²) in [6.45, 7) is 1.65. The van der Waals surface area contributed by atoms with Crippen LogP contribution >= 0.6 is 0 Å². The highest BCUT2D eigenvalue weighted by Gasteiger charge is 2.24. The van der Waals surface area contributed by atoms with Gasteiger partial charge in [0.25, 0.3) is 0 Å². The fourth-order valence-corrected chi connectivity index (χ4v) is 1.82. The highest BCUT2D eigenvalue weighted by atomic mass is 15.1. The average molecular weight is 165 g/mol. The Hall–Kier alpha value is -0.670. The summed E-state index contributed by atoms with van der Waals surface area (Å²) in [7, 11) is 0. The number of rotatable bonds is 1. The SMILES string of the molecule is NCC1=NC2NCCCC2C=C1. The van der Waals surface area contributed by atoms with E-state index in [0.717, 1.165) is 12.3 Å². The van der Waals surface area contributed by atoms with Crippen molar-refractivity contribution in [1.82, 2.24) is 5.32 Å². The third kappa shape index (κ3) is 1.42. The van der Waals surface area contributed by atoms with Gasteiger partial charge in [-0.1, -0.05) is 6.08 Å². The van der Waals surface area contributed by atoms with E-state index in [-0.39, 0.29) is 0 Å². The number of dihydropyridines is 1. The van der Waals surface area contributed by atoms with Gasteiger partial charge < -0.3 is 5.73 Å². The summed E-state index contributed by atoms with van der Waals surface area (Å²) in [6.07, 6.45) is 7.14. The number of aliphatic imine (C=N–C) groups is 1. The van der Waals surface area contributed by atoms with Gasteiger partial charge in [0.05, 0.1) is 5.71 Å². The van der Waals surface area contributed by atoms with E-state index in [1.807, 2.05) is 0 Å². The number of hydrogen-bond acceptors (Lipinski definition) is 3. The molecule has 0 aromatic rings. The molecule has 3 heteroatoms. The first-order chi connectivity index (χ1) is 5.90. The second kappa shape index (κ2) is 3.37. The summed E-state index contributed by atoms with van der Waals surface area (Å²) in [6, 6.07) is 0. The molecule has 0 amide bonds. The van der Waals surface area contributed by atoms with Crippen LogP contribution in [0.2, 0.25) is 0 Å². The topological polar surface area (TPSA) is 50.4 Å². The van der Waals surface area contributed by atoms with Gasteiger partial charge in [0.1, 0.15) is 6.17 Å². The number of nitrogens with zero attached hydrogens (tertiary/aromatic N) is 1. The minimum Gasteiger partial charge on any atom is -0.325 e. The summed E-state index contributed by atoms with van der Waals surface area (Å²) < 4.78 is 0. The molecule has 2 aliphatic heterocycles. The number of nitrogens with two attached hydrogens (primary N) is 1. The second-order valence-electron chi connectivity index (χ2n) is 3.39. The molecule has 2 rings (SSSR count). The van der Waals surface area contributed by atoms with Crippen LogP contribution in [0.5, 0.6) is 0 Å². The van der Waals surface area contributed by atoms with Crippen LogP contribution in [-0.2, 0) is 0 Å². The van der Waals surface area contributed by atoms with Crippen molar-refractivity contribution in [3.05, 3.63) is 12.2 Å². The van der Waals surface area contributed by atoms with Gasteiger partial charge in [-0.15, -0.1) is 0 Å². The average Bonchev–Trinajstić information content (AvgIpc) is 2.17. The van der Waals surface area contributed by atoms with E-state index in [0.29, 0.717) is 18.6 Å². The molecule has 0 aromatic heterocycles. The van der Waals surface area contributed by atoms with Gasteiger partial charge in [-0.05, 0) is 25.5 Å². The van der Waals surface area contributed by atoms with Crippen LogP contribution in [0.25, 0.3) is 0 Å². The lowest BCUT2D eigenvalue weighted by Gasteiger charge is -2.30. The van der Waals surface area contributed by atoms with E-state index < -0.39 is 0 Å². The number of nitrogens with one attached hydrogen (secondary N) is 1.